The lowest BCUT2D eigenvalue weighted by Crippen LogP contribution is -1.84. The number of halogens is 3. The second-order valence-electron chi connectivity index (χ2n) is 4.88. The molecule has 2 aromatic carbocycles. The van der Waals surface area contributed by atoms with Gasteiger partial charge in [0.15, 0.2) is 0 Å². The first-order valence-corrected chi connectivity index (χ1v) is 9.28. The summed E-state index contributed by atoms with van der Waals surface area (Å²) in [5, 5.41) is 13.1. The van der Waals surface area contributed by atoms with Crippen molar-refractivity contribution in [2.75, 3.05) is 0 Å². The van der Waals surface area contributed by atoms with Crippen molar-refractivity contribution in [3.63, 3.8) is 0 Å². The van der Waals surface area contributed by atoms with Crippen molar-refractivity contribution in [3.8, 4) is 17.3 Å². The van der Waals surface area contributed by atoms with Gasteiger partial charge in [0.2, 0.25) is 0 Å². The van der Waals surface area contributed by atoms with E-state index in [0.717, 1.165) is 21.3 Å². The van der Waals surface area contributed by atoms with E-state index in [2.05, 4.69) is 27.0 Å². The van der Waals surface area contributed by atoms with Crippen molar-refractivity contribution in [3.05, 3.63) is 72.9 Å². The van der Waals surface area contributed by atoms with Crippen molar-refractivity contribution in [2.45, 2.75) is 0 Å². The van der Waals surface area contributed by atoms with Gasteiger partial charge in [-0.05, 0) is 42.0 Å². The van der Waals surface area contributed by atoms with Gasteiger partial charge in [-0.2, -0.15) is 5.26 Å². The van der Waals surface area contributed by atoms with E-state index in [0.29, 0.717) is 20.6 Å². The first-order valence-electron chi connectivity index (χ1n) is 6.85. The van der Waals surface area contributed by atoms with Crippen LogP contribution in [0.3, 0.4) is 0 Å². The van der Waals surface area contributed by atoms with E-state index in [9.17, 15) is 5.26 Å². The Hall–Kier alpha value is -1.64. The fourth-order valence-corrected chi connectivity index (χ4v) is 3.64. The summed E-state index contributed by atoms with van der Waals surface area (Å²) < 4.78 is 0.993. The highest BCUT2D eigenvalue weighted by atomic mass is 79.9. The van der Waals surface area contributed by atoms with Crippen LogP contribution in [0.1, 0.15) is 10.6 Å². The largest absolute Gasteiger partial charge is 0.235 e. The highest BCUT2D eigenvalue weighted by molar-refractivity contribution is 9.10. The number of hydrogen-bond donors (Lipinski definition) is 0. The smallest absolute Gasteiger partial charge is 0.134 e. The number of aromatic nitrogens is 1. The predicted octanol–water partition coefficient (Wildman–Crippen LogP) is 6.94. The molecular weight excluding hydrogens is 427 g/mol. The molecule has 3 aromatic rings. The predicted molar refractivity (Wildman–Crippen MR) is 105 cm³/mol. The zero-order valence-electron chi connectivity index (χ0n) is 12.1. The number of allylic oxidation sites excluding steroid dienone is 1. The second kappa shape index (κ2) is 7.50. The Balaban J connectivity index is 1.96. The van der Waals surface area contributed by atoms with Crippen LogP contribution in [-0.2, 0) is 0 Å². The zero-order chi connectivity index (χ0) is 17.1. The monoisotopic (exact) mass is 434 g/mol. The van der Waals surface area contributed by atoms with Gasteiger partial charge in [-0.1, -0.05) is 51.3 Å². The van der Waals surface area contributed by atoms with Gasteiger partial charge >= 0.3 is 0 Å². The molecule has 0 N–H and O–H groups in total. The minimum absolute atomic E-state index is 0.513. The van der Waals surface area contributed by atoms with Gasteiger partial charge in [-0.25, -0.2) is 4.98 Å². The Kier molecular flexibility index (Phi) is 5.37. The molecule has 0 aliphatic rings. The maximum atomic E-state index is 9.46. The van der Waals surface area contributed by atoms with E-state index in [1.807, 2.05) is 41.8 Å². The third kappa shape index (κ3) is 3.88. The van der Waals surface area contributed by atoms with E-state index < -0.39 is 0 Å². The standard InChI is InChI=1S/C18H9BrCl2N2S/c19-13-3-1-11(2-4-13)7-12(9-22)18-23-17(10-24-18)15-6-5-14(20)8-16(15)21/h1-8,10H/b12-7+. The van der Waals surface area contributed by atoms with Gasteiger partial charge in [-0.15, -0.1) is 11.3 Å². The van der Waals surface area contributed by atoms with Gasteiger partial charge < -0.3 is 0 Å². The van der Waals surface area contributed by atoms with Crippen molar-refractivity contribution < 1.29 is 0 Å². The summed E-state index contributed by atoms with van der Waals surface area (Å²) in [6.45, 7) is 0. The topological polar surface area (TPSA) is 36.7 Å². The molecule has 0 aliphatic carbocycles. The Morgan fingerprint density at radius 3 is 2.58 bits per heavy atom. The van der Waals surface area contributed by atoms with Gasteiger partial charge in [0.05, 0.1) is 16.3 Å². The van der Waals surface area contributed by atoms with Crippen LogP contribution in [-0.4, -0.2) is 4.98 Å². The molecule has 1 heterocycles. The summed E-state index contributed by atoms with van der Waals surface area (Å²) in [5.41, 5.74) is 2.98. The lowest BCUT2D eigenvalue weighted by Gasteiger charge is -2.01. The normalized spacial score (nSPS) is 11.3. The molecule has 0 unspecified atom stereocenters. The van der Waals surface area contributed by atoms with Gasteiger partial charge in [-0.3, -0.25) is 0 Å². The lowest BCUT2D eigenvalue weighted by molar-refractivity contribution is 1.37. The van der Waals surface area contributed by atoms with Crippen LogP contribution in [0.15, 0.2) is 52.3 Å². The minimum atomic E-state index is 0.513. The Bertz CT molecular complexity index is 956. The molecule has 0 radical (unpaired) electrons. The maximum Gasteiger partial charge on any atom is 0.134 e. The van der Waals surface area contributed by atoms with Gasteiger partial charge in [0.25, 0.3) is 0 Å². The quantitative estimate of drug-likeness (QED) is 0.417. The Morgan fingerprint density at radius 2 is 1.92 bits per heavy atom. The number of hydrogen-bond acceptors (Lipinski definition) is 3. The molecular formula is C18H9BrCl2N2S. The molecule has 3 rings (SSSR count). The van der Waals surface area contributed by atoms with Crippen LogP contribution in [0.4, 0.5) is 0 Å². The summed E-state index contributed by atoms with van der Waals surface area (Å²) in [6, 6.07) is 15.2. The zero-order valence-corrected chi connectivity index (χ0v) is 16.0. The maximum absolute atomic E-state index is 9.46. The average Bonchev–Trinajstić information content (AvgIpc) is 3.04. The van der Waals surface area contributed by atoms with Crippen LogP contribution >= 0.6 is 50.5 Å². The summed E-state index contributed by atoms with van der Waals surface area (Å²) in [5.74, 6) is 0. The number of thiazole rings is 1. The van der Waals surface area contributed by atoms with Gasteiger partial charge in [0.1, 0.15) is 11.1 Å². The third-order valence-corrected chi connectivity index (χ3v) is 5.20. The highest BCUT2D eigenvalue weighted by Gasteiger charge is 2.11. The molecule has 6 heteroatoms. The number of nitriles is 1. The molecule has 118 valence electrons. The molecule has 0 saturated carbocycles. The van der Waals surface area contributed by atoms with E-state index in [4.69, 9.17) is 23.2 Å². The molecule has 1 aromatic heterocycles. The molecule has 0 fully saturated rings. The summed E-state index contributed by atoms with van der Waals surface area (Å²) in [7, 11) is 0. The molecule has 0 bridgehead atoms. The fraction of sp³-hybridized carbons (Fsp3) is 0. The molecule has 0 saturated heterocycles. The van der Waals surface area contributed by atoms with Crippen molar-refractivity contribution in [1.29, 1.82) is 5.26 Å². The van der Waals surface area contributed by atoms with Crippen molar-refractivity contribution >= 4 is 62.1 Å². The van der Waals surface area contributed by atoms with E-state index >= 15 is 0 Å². The molecule has 0 spiro atoms. The van der Waals surface area contributed by atoms with Crippen molar-refractivity contribution in [2.24, 2.45) is 0 Å². The minimum Gasteiger partial charge on any atom is -0.235 e. The first-order chi connectivity index (χ1) is 11.6. The number of benzene rings is 2. The lowest BCUT2D eigenvalue weighted by atomic mass is 10.1. The van der Waals surface area contributed by atoms with E-state index in [1.165, 1.54) is 11.3 Å². The first kappa shape index (κ1) is 17.2. The second-order valence-corrected chi connectivity index (χ2v) is 7.50. The Morgan fingerprint density at radius 1 is 1.17 bits per heavy atom. The van der Waals surface area contributed by atoms with Crippen LogP contribution in [0, 0.1) is 11.3 Å². The summed E-state index contributed by atoms with van der Waals surface area (Å²) in [4.78, 5) is 4.55. The van der Waals surface area contributed by atoms with E-state index in [-0.39, 0.29) is 0 Å². The Labute approximate surface area is 162 Å². The van der Waals surface area contributed by atoms with Crippen LogP contribution < -0.4 is 0 Å². The van der Waals surface area contributed by atoms with Crippen LogP contribution in [0.5, 0.6) is 0 Å². The van der Waals surface area contributed by atoms with Crippen LogP contribution in [0.2, 0.25) is 10.0 Å². The number of rotatable bonds is 3. The summed E-state index contributed by atoms with van der Waals surface area (Å²) >= 11 is 17.0. The molecule has 0 atom stereocenters. The van der Waals surface area contributed by atoms with Gasteiger partial charge in [0, 0.05) is 20.4 Å². The average molecular weight is 436 g/mol. The SMILES string of the molecule is N#C/C(=C\c1ccc(Br)cc1)c1nc(-c2ccc(Cl)cc2Cl)cs1. The van der Waals surface area contributed by atoms with Crippen LogP contribution in [0.25, 0.3) is 22.9 Å². The highest BCUT2D eigenvalue weighted by Crippen LogP contribution is 2.33. The van der Waals surface area contributed by atoms with Crippen molar-refractivity contribution in [1.82, 2.24) is 4.98 Å². The number of nitrogens with zero attached hydrogens (tertiary/aromatic N) is 2. The molecule has 24 heavy (non-hydrogen) atoms. The molecule has 0 amide bonds. The fourth-order valence-electron chi connectivity index (χ4n) is 2.09. The van der Waals surface area contributed by atoms with E-state index in [1.54, 1.807) is 12.1 Å². The molecule has 2 nitrogen and oxygen atoms in total. The molecule has 0 aliphatic heterocycles. The summed E-state index contributed by atoms with van der Waals surface area (Å²) in [6.07, 6.45) is 1.82. The third-order valence-electron chi connectivity index (χ3n) is 3.24.